The van der Waals surface area contributed by atoms with Crippen molar-refractivity contribution in [1.29, 1.82) is 0 Å². The van der Waals surface area contributed by atoms with Gasteiger partial charge in [-0.05, 0) is 51.9 Å². The molecule has 0 bridgehead atoms. The van der Waals surface area contributed by atoms with E-state index in [1.807, 2.05) is 0 Å². The fourth-order valence-electron chi connectivity index (χ4n) is 2.62. The SMILES string of the molecule is CCNC(C)(CO)CCCCN(C)CCc1ccccc1. The predicted molar refractivity (Wildman–Crippen MR) is 90.7 cm³/mol. The molecule has 1 rings (SSSR count). The van der Waals surface area contributed by atoms with Gasteiger partial charge in [0.2, 0.25) is 0 Å². The molecule has 0 radical (unpaired) electrons. The normalized spacial score (nSPS) is 14.3. The highest BCUT2D eigenvalue weighted by molar-refractivity contribution is 5.14. The van der Waals surface area contributed by atoms with Gasteiger partial charge in [-0.25, -0.2) is 0 Å². The number of rotatable bonds is 11. The molecule has 0 aliphatic rings. The number of likely N-dealkylation sites (N-methyl/N-ethyl adjacent to an activating group) is 2. The average Bonchev–Trinajstić information content (AvgIpc) is 2.51. The molecule has 3 nitrogen and oxygen atoms in total. The minimum atomic E-state index is -0.114. The highest BCUT2D eigenvalue weighted by Crippen LogP contribution is 2.13. The first-order chi connectivity index (χ1) is 10.1. The Hall–Kier alpha value is -0.900. The Labute approximate surface area is 130 Å². The molecule has 0 spiro atoms. The fraction of sp³-hybridized carbons (Fsp3) is 0.667. The zero-order valence-electron chi connectivity index (χ0n) is 13.9. The van der Waals surface area contributed by atoms with Crippen LogP contribution < -0.4 is 5.32 Å². The first-order valence-corrected chi connectivity index (χ1v) is 8.18. The molecule has 1 aromatic rings. The summed E-state index contributed by atoms with van der Waals surface area (Å²) in [7, 11) is 2.19. The van der Waals surface area contributed by atoms with Gasteiger partial charge in [0.05, 0.1) is 6.61 Å². The summed E-state index contributed by atoms with van der Waals surface area (Å²) in [6.45, 7) is 7.55. The maximum atomic E-state index is 9.46. The van der Waals surface area contributed by atoms with Crippen molar-refractivity contribution in [1.82, 2.24) is 10.2 Å². The van der Waals surface area contributed by atoms with E-state index in [4.69, 9.17) is 0 Å². The number of unbranched alkanes of at least 4 members (excludes halogenated alkanes) is 1. The quantitative estimate of drug-likeness (QED) is 0.616. The van der Waals surface area contributed by atoms with E-state index in [-0.39, 0.29) is 12.1 Å². The lowest BCUT2D eigenvalue weighted by molar-refractivity contribution is 0.163. The van der Waals surface area contributed by atoms with Gasteiger partial charge in [0.15, 0.2) is 0 Å². The molecule has 21 heavy (non-hydrogen) atoms. The van der Waals surface area contributed by atoms with Crippen molar-refractivity contribution >= 4 is 0 Å². The molecule has 0 saturated carbocycles. The van der Waals surface area contributed by atoms with Crippen molar-refractivity contribution in [2.75, 3.05) is 33.3 Å². The Morgan fingerprint density at radius 1 is 1.14 bits per heavy atom. The van der Waals surface area contributed by atoms with Gasteiger partial charge < -0.3 is 15.3 Å². The maximum absolute atomic E-state index is 9.46. The fourth-order valence-corrected chi connectivity index (χ4v) is 2.62. The summed E-state index contributed by atoms with van der Waals surface area (Å²) in [6.07, 6.45) is 4.49. The van der Waals surface area contributed by atoms with Crippen LogP contribution >= 0.6 is 0 Å². The monoisotopic (exact) mass is 292 g/mol. The van der Waals surface area contributed by atoms with E-state index in [1.54, 1.807) is 0 Å². The highest BCUT2D eigenvalue weighted by Gasteiger charge is 2.20. The number of nitrogens with zero attached hydrogens (tertiary/aromatic N) is 1. The first-order valence-electron chi connectivity index (χ1n) is 8.18. The highest BCUT2D eigenvalue weighted by atomic mass is 16.3. The lowest BCUT2D eigenvalue weighted by Gasteiger charge is -2.28. The third-order valence-electron chi connectivity index (χ3n) is 4.10. The number of hydrogen-bond donors (Lipinski definition) is 2. The van der Waals surface area contributed by atoms with Crippen molar-refractivity contribution < 1.29 is 5.11 Å². The van der Waals surface area contributed by atoms with E-state index in [1.165, 1.54) is 12.0 Å². The van der Waals surface area contributed by atoms with Crippen LogP contribution in [0.15, 0.2) is 30.3 Å². The number of aliphatic hydroxyl groups is 1. The van der Waals surface area contributed by atoms with Crippen LogP contribution in [0.4, 0.5) is 0 Å². The van der Waals surface area contributed by atoms with Crippen LogP contribution in [-0.4, -0.2) is 48.8 Å². The van der Waals surface area contributed by atoms with E-state index >= 15 is 0 Å². The molecule has 0 saturated heterocycles. The number of aliphatic hydroxyl groups excluding tert-OH is 1. The van der Waals surface area contributed by atoms with Crippen LogP contribution in [-0.2, 0) is 6.42 Å². The van der Waals surface area contributed by atoms with Crippen LogP contribution in [0.3, 0.4) is 0 Å². The second-order valence-electron chi connectivity index (χ2n) is 6.25. The predicted octanol–water partition coefficient (Wildman–Crippen LogP) is 2.69. The van der Waals surface area contributed by atoms with Crippen LogP contribution in [0.2, 0.25) is 0 Å². The lowest BCUT2D eigenvalue weighted by Crippen LogP contribution is -2.45. The van der Waals surface area contributed by atoms with E-state index in [2.05, 4.69) is 61.4 Å². The summed E-state index contributed by atoms with van der Waals surface area (Å²) in [4.78, 5) is 2.40. The Morgan fingerprint density at radius 3 is 2.48 bits per heavy atom. The second-order valence-corrected chi connectivity index (χ2v) is 6.25. The van der Waals surface area contributed by atoms with Gasteiger partial charge >= 0.3 is 0 Å². The molecule has 1 atom stereocenters. The molecular formula is C18H32N2O. The Balaban J connectivity index is 2.14. The molecule has 1 unspecified atom stereocenters. The topological polar surface area (TPSA) is 35.5 Å². The van der Waals surface area contributed by atoms with Crippen LogP contribution in [0.5, 0.6) is 0 Å². The van der Waals surface area contributed by atoms with Gasteiger partial charge in [-0.1, -0.05) is 43.7 Å². The maximum Gasteiger partial charge on any atom is 0.0610 e. The van der Waals surface area contributed by atoms with E-state index < -0.39 is 0 Å². The van der Waals surface area contributed by atoms with Gasteiger partial charge in [-0.15, -0.1) is 0 Å². The van der Waals surface area contributed by atoms with Crippen molar-refractivity contribution in [3.8, 4) is 0 Å². The van der Waals surface area contributed by atoms with Crippen molar-refractivity contribution in [2.45, 2.75) is 45.1 Å². The molecule has 0 aliphatic heterocycles. The zero-order valence-corrected chi connectivity index (χ0v) is 13.9. The standard InChI is InChI=1S/C18H32N2O/c1-4-19-18(2,16-21)13-8-9-14-20(3)15-12-17-10-6-5-7-11-17/h5-7,10-11,19,21H,4,8-9,12-16H2,1-3H3. The Morgan fingerprint density at radius 2 is 1.86 bits per heavy atom. The molecule has 0 heterocycles. The third kappa shape index (κ3) is 7.60. The number of nitrogens with one attached hydrogen (secondary N) is 1. The Bertz CT molecular complexity index is 369. The minimum absolute atomic E-state index is 0.114. The summed E-state index contributed by atoms with van der Waals surface area (Å²) in [5, 5.41) is 12.8. The van der Waals surface area contributed by atoms with Gasteiger partial charge in [-0.2, -0.15) is 0 Å². The molecule has 2 N–H and O–H groups in total. The molecular weight excluding hydrogens is 260 g/mol. The van der Waals surface area contributed by atoms with Crippen LogP contribution in [0.1, 0.15) is 38.7 Å². The van der Waals surface area contributed by atoms with E-state index in [9.17, 15) is 5.11 Å². The summed E-state index contributed by atoms with van der Waals surface area (Å²) < 4.78 is 0. The molecule has 0 fully saturated rings. The van der Waals surface area contributed by atoms with Crippen LogP contribution in [0, 0.1) is 0 Å². The summed E-state index contributed by atoms with van der Waals surface area (Å²) >= 11 is 0. The van der Waals surface area contributed by atoms with Gasteiger partial charge in [-0.3, -0.25) is 0 Å². The van der Waals surface area contributed by atoms with Gasteiger partial charge in [0.25, 0.3) is 0 Å². The van der Waals surface area contributed by atoms with E-state index in [0.717, 1.165) is 38.9 Å². The number of benzene rings is 1. The lowest BCUT2D eigenvalue weighted by atomic mass is 9.95. The number of hydrogen-bond acceptors (Lipinski definition) is 3. The van der Waals surface area contributed by atoms with Crippen molar-refractivity contribution in [3.05, 3.63) is 35.9 Å². The second kappa shape index (κ2) is 9.93. The smallest absolute Gasteiger partial charge is 0.0610 e. The molecule has 0 amide bonds. The van der Waals surface area contributed by atoms with E-state index in [0.29, 0.717) is 0 Å². The van der Waals surface area contributed by atoms with Crippen molar-refractivity contribution in [2.24, 2.45) is 0 Å². The first kappa shape index (κ1) is 18.1. The van der Waals surface area contributed by atoms with Crippen LogP contribution in [0.25, 0.3) is 0 Å². The average molecular weight is 292 g/mol. The van der Waals surface area contributed by atoms with Gasteiger partial charge in [0, 0.05) is 12.1 Å². The van der Waals surface area contributed by atoms with Crippen molar-refractivity contribution in [3.63, 3.8) is 0 Å². The minimum Gasteiger partial charge on any atom is -0.394 e. The molecule has 120 valence electrons. The molecule has 0 aliphatic carbocycles. The Kier molecular flexibility index (Phi) is 8.58. The largest absolute Gasteiger partial charge is 0.394 e. The summed E-state index contributed by atoms with van der Waals surface area (Å²) in [5.41, 5.74) is 1.29. The molecule has 0 aromatic heterocycles. The molecule has 3 heteroatoms. The molecule has 1 aromatic carbocycles. The summed E-state index contributed by atoms with van der Waals surface area (Å²) in [6, 6.07) is 10.7. The van der Waals surface area contributed by atoms with Gasteiger partial charge in [0.1, 0.15) is 0 Å². The summed E-state index contributed by atoms with van der Waals surface area (Å²) in [5.74, 6) is 0. The third-order valence-corrected chi connectivity index (χ3v) is 4.10. The zero-order chi connectivity index (χ0) is 15.6.